The molecule has 1 saturated heterocycles. The van der Waals surface area contributed by atoms with Crippen LogP contribution in [0.2, 0.25) is 0 Å². The number of carbonyl (C=O) groups is 1. The fourth-order valence-corrected chi connectivity index (χ4v) is 4.81. The molecule has 1 atom stereocenters. The van der Waals surface area contributed by atoms with E-state index in [4.69, 9.17) is 0 Å². The Morgan fingerprint density at radius 1 is 1.32 bits per heavy atom. The summed E-state index contributed by atoms with van der Waals surface area (Å²) in [6.07, 6.45) is 2.43. The Bertz CT molecular complexity index is 661. The minimum atomic E-state index is 0.128. The SMILES string of the molecule is O=C(CSc1ccc(Br)cc1)NCC1CCCN(Cc2cccs2)C1. The summed E-state index contributed by atoms with van der Waals surface area (Å²) in [5.74, 6) is 1.17. The molecular weight excluding hydrogens is 416 g/mol. The van der Waals surface area contributed by atoms with Crippen LogP contribution < -0.4 is 5.32 Å². The Morgan fingerprint density at radius 3 is 2.92 bits per heavy atom. The van der Waals surface area contributed by atoms with Crippen molar-refractivity contribution in [3.63, 3.8) is 0 Å². The van der Waals surface area contributed by atoms with E-state index in [0.717, 1.165) is 29.0 Å². The van der Waals surface area contributed by atoms with Gasteiger partial charge in [-0.25, -0.2) is 0 Å². The van der Waals surface area contributed by atoms with Crippen LogP contribution in [0, 0.1) is 5.92 Å². The maximum Gasteiger partial charge on any atom is 0.230 e. The molecule has 0 aliphatic carbocycles. The predicted molar refractivity (Wildman–Crippen MR) is 110 cm³/mol. The number of piperidine rings is 1. The fourth-order valence-electron chi connectivity index (χ4n) is 3.07. The van der Waals surface area contributed by atoms with E-state index in [2.05, 4.69) is 43.7 Å². The van der Waals surface area contributed by atoms with Crippen LogP contribution in [0.25, 0.3) is 0 Å². The number of hydrogen-bond acceptors (Lipinski definition) is 4. The number of hydrogen-bond donors (Lipinski definition) is 1. The molecule has 1 amide bonds. The van der Waals surface area contributed by atoms with Crippen LogP contribution in [-0.4, -0.2) is 36.2 Å². The van der Waals surface area contributed by atoms with Gasteiger partial charge in [-0.05, 0) is 61.0 Å². The molecule has 1 unspecified atom stereocenters. The highest BCUT2D eigenvalue weighted by atomic mass is 79.9. The van der Waals surface area contributed by atoms with Crippen molar-refractivity contribution in [3.05, 3.63) is 51.1 Å². The molecule has 1 aliphatic heterocycles. The summed E-state index contributed by atoms with van der Waals surface area (Å²) in [5, 5.41) is 5.26. The maximum absolute atomic E-state index is 12.1. The Labute approximate surface area is 166 Å². The lowest BCUT2D eigenvalue weighted by Crippen LogP contribution is -2.40. The van der Waals surface area contributed by atoms with Crippen molar-refractivity contribution in [2.24, 2.45) is 5.92 Å². The molecule has 1 aromatic heterocycles. The number of rotatable bonds is 7. The van der Waals surface area contributed by atoms with Crippen molar-refractivity contribution < 1.29 is 4.79 Å². The van der Waals surface area contributed by atoms with Crippen LogP contribution in [0.4, 0.5) is 0 Å². The average molecular weight is 439 g/mol. The third-order valence-corrected chi connectivity index (χ3v) is 6.74. The molecule has 1 aromatic carbocycles. The third-order valence-electron chi connectivity index (χ3n) is 4.33. The van der Waals surface area contributed by atoms with Crippen LogP contribution in [-0.2, 0) is 11.3 Å². The molecular formula is C19H23BrN2OS2. The Kier molecular flexibility index (Phi) is 7.40. The van der Waals surface area contributed by atoms with Gasteiger partial charge in [0.2, 0.25) is 5.91 Å². The molecule has 0 bridgehead atoms. The number of thiophene rings is 1. The van der Waals surface area contributed by atoms with Gasteiger partial charge in [0.25, 0.3) is 0 Å². The second kappa shape index (κ2) is 9.76. The van der Waals surface area contributed by atoms with Crippen LogP contribution in [0.5, 0.6) is 0 Å². The molecule has 134 valence electrons. The summed E-state index contributed by atoms with van der Waals surface area (Å²) in [5.41, 5.74) is 0. The summed E-state index contributed by atoms with van der Waals surface area (Å²) in [7, 11) is 0. The molecule has 25 heavy (non-hydrogen) atoms. The second-order valence-corrected chi connectivity index (χ2v) is 9.37. The summed E-state index contributed by atoms with van der Waals surface area (Å²) in [4.78, 5) is 17.2. The summed E-state index contributed by atoms with van der Waals surface area (Å²) < 4.78 is 1.06. The summed E-state index contributed by atoms with van der Waals surface area (Å²) in [6.45, 7) is 4.09. The molecule has 0 spiro atoms. The van der Waals surface area contributed by atoms with Crippen LogP contribution in [0.15, 0.2) is 51.1 Å². The number of likely N-dealkylation sites (tertiary alicyclic amines) is 1. The monoisotopic (exact) mass is 438 g/mol. The van der Waals surface area contributed by atoms with Crippen molar-refractivity contribution in [3.8, 4) is 0 Å². The van der Waals surface area contributed by atoms with Gasteiger partial charge in [-0.1, -0.05) is 22.0 Å². The molecule has 2 heterocycles. The Morgan fingerprint density at radius 2 is 2.16 bits per heavy atom. The Balaban J connectivity index is 1.37. The molecule has 1 fully saturated rings. The average Bonchev–Trinajstić information content (AvgIpc) is 3.13. The molecule has 0 saturated carbocycles. The normalized spacial score (nSPS) is 18.2. The smallest absolute Gasteiger partial charge is 0.230 e. The molecule has 3 rings (SSSR count). The molecule has 2 aromatic rings. The first kappa shape index (κ1) is 19.0. The van der Waals surface area contributed by atoms with Crippen LogP contribution in [0.1, 0.15) is 17.7 Å². The van der Waals surface area contributed by atoms with Gasteiger partial charge in [0.1, 0.15) is 0 Å². The van der Waals surface area contributed by atoms with Crippen LogP contribution >= 0.6 is 39.0 Å². The Hall–Kier alpha value is -0.820. The number of thioether (sulfide) groups is 1. The highest BCUT2D eigenvalue weighted by molar-refractivity contribution is 9.10. The lowest BCUT2D eigenvalue weighted by Gasteiger charge is -2.32. The number of benzene rings is 1. The fraction of sp³-hybridized carbons (Fsp3) is 0.421. The minimum Gasteiger partial charge on any atom is -0.355 e. The molecule has 3 nitrogen and oxygen atoms in total. The molecule has 1 N–H and O–H groups in total. The van der Waals surface area contributed by atoms with E-state index < -0.39 is 0 Å². The standard InChI is InChI=1S/C19H23BrN2OS2/c20-16-5-7-17(8-6-16)25-14-19(23)21-11-15-3-1-9-22(12-15)13-18-4-2-10-24-18/h2,4-8,10,15H,1,3,9,11-14H2,(H,21,23). The topological polar surface area (TPSA) is 32.3 Å². The molecule has 1 aliphatic rings. The zero-order valence-electron chi connectivity index (χ0n) is 14.1. The first-order valence-electron chi connectivity index (χ1n) is 8.59. The van der Waals surface area contributed by atoms with Gasteiger partial charge in [0.15, 0.2) is 0 Å². The number of halogens is 1. The first-order valence-corrected chi connectivity index (χ1v) is 11.2. The number of nitrogens with zero attached hydrogens (tertiary/aromatic N) is 1. The van der Waals surface area contributed by atoms with Gasteiger partial charge in [-0.15, -0.1) is 23.1 Å². The van der Waals surface area contributed by atoms with E-state index in [-0.39, 0.29) is 5.91 Å². The van der Waals surface area contributed by atoms with E-state index in [9.17, 15) is 4.79 Å². The number of carbonyl (C=O) groups excluding carboxylic acids is 1. The third kappa shape index (κ3) is 6.44. The minimum absolute atomic E-state index is 0.128. The first-order chi connectivity index (χ1) is 12.2. The largest absolute Gasteiger partial charge is 0.355 e. The lowest BCUT2D eigenvalue weighted by atomic mass is 9.98. The van der Waals surface area contributed by atoms with Crippen molar-refractivity contribution in [2.75, 3.05) is 25.4 Å². The number of nitrogens with one attached hydrogen (secondary N) is 1. The molecule has 6 heteroatoms. The second-order valence-electron chi connectivity index (χ2n) is 6.37. The van der Waals surface area contributed by atoms with Crippen molar-refractivity contribution >= 4 is 44.9 Å². The van der Waals surface area contributed by atoms with E-state index in [0.29, 0.717) is 11.7 Å². The van der Waals surface area contributed by atoms with Gasteiger partial charge in [0, 0.05) is 33.9 Å². The molecule has 0 radical (unpaired) electrons. The quantitative estimate of drug-likeness (QED) is 0.639. The van der Waals surface area contributed by atoms with Gasteiger partial charge >= 0.3 is 0 Å². The van der Waals surface area contributed by atoms with Gasteiger partial charge in [0.05, 0.1) is 5.75 Å². The maximum atomic E-state index is 12.1. The lowest BCUT2D eigenvalue weighted by molar-refractivity contribution is -0.118. The van der Waals surface area contributed by atoms with Crippen molar-refractivity contribution in [1.29, 1.82) is 0 Å². The van der Waals surface area contributed by atoms with E-state index >= 15 is 0 Å². The highest BCUT2D eigenvalue weighted by Crippen LogP contribution is 2.21. The summed E-state index contributed by atoms with van der Waals surface area (Å²) >= 11 is 6.84. The van der Waals surface area contributed by atoms with E-state index in [1.165, 1.54) is 24.3 Å². The predicted octanol–water partition coefficient (Wildman–Crippen LogP) is 4.63. The van der Waals surface area contributed by atoms with E-state index in [1.54, 1.807) is 11.8 Å². The van der Waals surface area contributed by atoms with E-state index in [1.807, 2.05) is 35.6 Å². The van der Waals surface area contributed by atoms with Crippen LogP contribution in [0.3, 0.4) is 0 Å². The van der Waals surface area contributed by atoms with Crippen molar-refractivity contribution in [1.82, 2.24) is 10.2 Å². The van der Waals surface area contributed by atoms with Gasteiger partial charge < -0.3 is 5.32 Å². The number of amides is 1. The van der Waals surface area contributed by atoms with Crippen molar-refractivity contribution in [2.45, 2.75) is 24.3 Å². The van der Waals surface area contributed by atoms with Gasteiger partial charge in [-0.2, -0.15) is 0 Å². The zero-order valence-corrected chi connectivity index (χ0v) is 17.3. The highest BCUT2D eigenvalue weighted by Gasteiger charge is 2.20. The van der Waals surface area contributed by atoms with Gasteiger partial charge in [-0.3, -0.25) is 9.69 Å². The summed E-state index contributed by atoms with van der Waals surface area (Å²) in [6, 6.07) is 12.4. The zero-order chi connectivity index (χ0) is 17.5.